The lowest BCUT2D eigenvalue weighted by Crippen LogP contribution is -2.76. The third-order valence-electron chi connectivity index (χ3n) is 9.65. The van der Waals surface area contributed by atoms with E-state index in [-0.39, 0.29) is 0 Å². The zero-order chi connectivity index (χ0) is 34.1. The first kappa shape index (κ1) is 30.4. The van der Waals surface area contributed by atoms with E-state index in [9.17, 15) is 10.5 Å². The van der Waals surface area contributed by atoms with Gasteiger partial charge in [0.15, 0.2) is 13.8 Å². The third kappa shape index (κ3) is 4.64. The van der Waals surface area contributed by atoms with E-state index in [1.54, 1.807) is 0 Å². The van der Waals surface area contributed by atoms with Gasteiger partial charge in [-0.05, 0) is 56.5 Å². The van der Waals surface area contributed by atoms with Crippen molar-refractivity contribution in [3.05, 3.63) is 192 Å². The molecule has 0 aliphatic heterocycles. The number of fused-ring (bicyclic) bond motifs is 3. The van der Waals surface area contributed by atoms with Crippen molar-refractivity contribution in [3.8, 4) is 29.0 Å². The summed E-state index contributed by atoms with van der Waals surface area (Å²) in [5, 5.41) is 28.3. The van der Waals surface area contributed by atoms with Gasteiger partial charge in [0.25, 0.3) is 0 Å². The van der Waals surface area contributed by atoms with Crippen molar-refractivity contribution in [2.24, 2.45) is 0 Å². The van der Waals surface area contributed by atoms with E-state index in [2.05, 4.69) is 82.2 Å². The minimum atomic E-state index is -3.26. The average Bonchev–Trinajstić information content (AvgIpc) is 3.52. The molecule has 8 aromatic rings. The highest BCUT2D eigenvalue weighted by Crippen LogP contribution is 2.38. The van der Waals surface area contributed by atoms with Crippen LogP contribution in [0.5, 0.6) is 0 Å². The number of nitrogens with zero attached hydrogens (tertiary/aromatic N) is 4. The van der Waals surface area contributed by atoms with E-state index in [1.165, 1.54) is 0 Å². The smallest absolute Gasteiger partial charge is 0.188 e. The Morgan fingerprint density at radius 3 is 1.68 bits per heavy atom. The number of nitriles is 2. The second kappa shape index (κ2) is 12.6. The van der Waals surface area contributed by atoms with Crippen LogP contribution in [0.15, 0.2) is 170 Å². The number of para-hydroxylation sites is 2. The van der Waals surface area contributed by atoms with Crippen LogP contribution >= 0.6 is 0 Å². The molecule has 5 heteroatoms. The Kier molecular flexibility index (Phi) is 7.63. The molecule has 0 bridgehead atoms. The molecule has 0 amide bonds. The summed E-state index contributed by atoms with van der Waals surface area (Å²) >= 11 is 0. The molecule has 50 heavy (non-hydrogen) atoms. The molecular formula is C45H28N4Si. The van der Waals surface area contributed by atoms with E-state index in [1.807, 2.05) is 109 Å². The Labute approximate surface area is 291 Å². The molecular weight excluding hydrogens is 625 g/mol. The summed E-state index contributed by atoms with van der Waals surface area (Å²) in [6, 6.07) is 62.3. The van der Waals surface area contributed by atoms with Crippen LogP contribution in [0.1, 0.15) is 11.1 Å². The highest BCUT2D eigenvalue weighted by molar-refractivity contribution is 7.20. The van der Waals surface area contributed by atoms with Gasteiger partial charge >= 0.3 is 0 Å². The van der Waals surface area contributed by atoms with Crippen LogP contribution < -0.4 is 20.7 Å². The normalized spacial score (nSPS) is 11.1. The van der Waals surface area contributed by atoms with Crippen molar-refractivity contribution in [2.45, 2.75) is 0 Å². The van der Waals surface area contributed by atoms with Gasteiger partial charge in [-0.1, -0.05) is 140 Å². The second-order valence-corrected chi connectivity index (χ2v) is 15.9. The van der Waals surface area contributed by atoms with E-state index >= 15 is 0 Å². The van der Waals surface area contributed by atoms with Crippen LogP contribution in [0.4, 0.5) is 5.69 Å². The minimum Gasteiger partial charge on any atom is -0.309 e. The predicted octanol–water partition coefficient (Wildman–Crippen LogP) is 8.12. The van der Waals surface area contributed by atoms with Gasteiger partial charge in [0.2, 0.25) is 0 Å². The molecule has 0 radical (unpaired) electrons. The lowest BCUT2D eigenvalue weighted by Gasteiger charge is -2.36. The van der Waals surface area contributed by atoms with Gasteiger partial charge in [-0.25, -0.2) is 4.85 Å². The average molecular weight is 653 g/mol. The van der Waals surface area contributed by atoms with Crippen LogP contribution in [-0.4, -0.2) is 12.6 Å². The van der Waals surface area contributed by atoms with E-state index < -0.39 is 8.07 Å². The number of hydrogen-bond acceptors (Lipinski definition) is 2. The summed E-state index contributed by atoms with van der Waals surface area (Å²) in [6.45, 7) is 7.65. The summed E-state index contributed by atoms with van der Waals surface area (Å²) in [5.74, 6) is 0. The van der Waals surface area contributed by atoms with Gasteiger partial charge in [0, 0.05) is 16.5 Å². The fourth-order valence-electron chi connectivity index (χ4n) is 7.61. The number of benzene rings is 7. The van der Waals surface area contributed by atoms with E-state index in [4.69, 9.17) is 6.57 Å². The van der Waals surface area contributed by atoms with Crippen LogP contribution in [0.2, 0.25) is 0 Å². The van der Waals surface area contributed by atoms with E-state index in [0.29, 0.717) is 16.8 Å². The van der Waals surface area contributed by atoms with Crippen molar-refractivity contribution < 1.29 is 0 Å². The maximum atomic E-state index is 11.3. The van der Waals surface area contributed by atoms with Crippen LogP contribution in [0.25, 0.3) is 43.5 Å². The highest BCUT2D eigenvalue weighted by Gasteiger charge is 2.45. The molecule has 1 aromatic heterocycles. The first-order chi connectivity index (χ1) is 24.7. The standard InChI is InChI=1S/C45H28N4Si/c1-48-33-26-28-44-40(29-33)39-22-12-14-24-43(39)49(44)42-23-13-11-21-38(42)37-27-25-32(30-46)45(41(37)31-47)50(34-15-5-2-6-16-34,35-17-7-3-8-18-35)36-19-9-4-10-20-36/h2-29H. The molecule has 0 aliphatic carbocycles. The van der Waals surface area contributed by atoms with Crippen LogP contribution in [0, 0.1) is 29.2 Å². The first-order valence-corrected chi connectivity index (χ1v) is 18.4. The summed E-state index contributed by atoms with van der Waals surface area (Å²) in [4.78, 5) is 3.70. The molecule has 232 valence electrons. The predicted molar refractivity (Wildman–Crippen MR) is 206 cm³/mol. The number of rotatable bonds is 6. The first-order valence-electron chi connectivity index (χ1n) is 16.4. The SMILES string of the molecule is [C-]#[N+]c1ccc2c(c1)c1ccccc1n2-c1ccccc1-c1ccc(C#N)c([Si](c2ccccc2)(c2ccccc2)c2ccccc2)c1C#N. The summed E-state index contributed by atoms with van der Waals surface area (Å²) < 4.78 is 2.23. The molecule has 0 saturated heterocycles. The number of aromatic nitrogens is 1. The molecule has 7 aromatic carbocycles. The summed E-state index contributed by atoms with van der Waals surface area (Å²) in [7, 11) is -3.26. The quantitative estimate of drug-likeness (QED) is 0.104. The van der Waals surface area contributed by atoms with Gasteiger partial charge in [-0.3, -0.25) is 0 Å². The Morgan fingerprint density at radius 2 is 1.08 bits per heavy atom. The monoisotopic (exact) mass is 652 g/mol. The Hall–Kier alpha value is -6.97. The summed E-state index contributed by atoms with van der Waals surface area (Å²) in [6.07, 6.45) is 0. The molecule has 0 fully saturated rings. The number of hydrogen-bond donors (Lipinski definition) is 0. The molecule has 4 nitrogen and oxygen atoms in total. The minimum absolute atomic E-state index is 0.495. The highest BCUT2D eigenvalue weighted by atomic mass is 28.3. The molecule has 0 atom stereocenters. The Balaban J connectivity index is 1.51. The zero-order valence-corrected chi connectivity index (χ0v) is 28.0. The molecule has 0 spiro atoms. The van der Waals surface area contributed by atoms with Gasteiger partial charge in [-0.15, -0.1) is 0 Å². The molecule has 1 heterocycles. The maximum absolute atomic E-state index is 11.3. The van der Waals surface area contributed by atoms with Crippen LogP contribution in [-0.2, 0) is 0 Å². The molecule has 0 unspecified atom stereocenters. The fraction of sp³-hybridized carbons (Fsp3) is 0. The maximum Gasteiger partial charge on any atom is 0.188 e. The summed E-state index contributed by atoms with van der Waals surface area (Å²) in [5.41, 5.74) is 6.11. The Bertz CT molecular complexity index is 2580. The zero-order valence-electron chi connectivity index (χ0n) is 27.0. The second-order valence-electron chi connectivity index (χ2n) is 12.2. The van der Waals surface area contributed by atoms with E-state index in [0.717, 1.165) is 59.4 Å². The van der Waals surface area contributed by atoms with Crippen molar-refractivity contribution in [2.75, 3.05) is 0 Å². The molecule has 0 saturated carbocycles. The van der Waals surface area contributed by atoms with Crippen molar-refractivity contribution >= 4 is 56.3 Å². The van der Waals surface area contributed by atoms with Crippen molar-refractivity contribution in [1.29, 1.82) is 10.5 Å². The van der Waals surface area contributed by atoms with Gasteiger partial charge in [-0.2, -0.15) is 10.5 Å². The van der Waals surface area contributed by atoms with Crippen molar-refractivity contribution in [3.63, 3.8) is 0 Å². The topological polar surface area (TPSA) is 56.9 Å². The van der Waals surface area contributed by atoms with Gasteiger partial charge in [0.05, 0.1) is 46.6 Å². The molecule has 0 N–H and O–H groups in total. The van der Waals surface area contributed by atoms with Crippen LogP contribution in [0.3, 0.4) is 0 Å². The van der Waals surface area contributed by atoms with Gasteiger partial charge in [0.1, 0.15) is 0 Å². The molecule has 0 aliphatic rings. The lowest BCUT2D eigenvalue weighted by molar-refractivity contribution is 1.18. The largest absolute Gasteiger partial charge is 0.309 e. The molecule has 8 rings (SSSR count). The fourth-order valence-corrected chi connectivity index (χ4v) is 12.7. The van der Waals surface area contributed by atoms with Gasteiger partial charge < -0.3 is 4.57 Å². The van der Waals surface area contributed by atoms with Crippen molar-refractivity contribution in [1.82, 2.24) is 4.57 Å². The lowest BCUT2D eigenvalue weighted by atomic mass is 9.96. The third-order valence-corrected chi connectivity index (χ3v) is 14.5. The Morgan fingerprint density at radius 1 is 0.520 bits per heavy atom.